The first-order valence-corrected chi connectivity index (χ1v) is 6.98. The van der Waals surface area contributed by atoms with Crippen molar-refractivity contribution in [3.63, 3.8) is 0 Å². The maximum absolute atomic E-state index is 5.94. The van der Waals surface area contributed by atoms with Crippen molar-refractivity contribution in [2.24, 2.45) is 0 Å². The minimum atomic E-state index is 0.415. The maximum Gasteiger partial charge on any atom is 0.0417 e. The summed E-state index contributed by atoms with van der Waals surface area (Å²) in [6.07, 6.45) is 4.99. The lowest BCUT2D eigenvalue weighted by molar-refractivity contribution is 0.510. The Morgan fingerprint density at radius 2 is 2.12 bits per heavy atom. The van der Waals surface area contributed by atoms with Gasteiger partial charge in [-0.05, 0) is 31.2 Å². The van der Waals surface area contributed by atoms with Crippen molar-refractivity contribution in [2.45, 2.75) is 38.6 Å². The molecule has 1 aromatic rings. The molecule has 0 saturated heterocycles. The zero-order valence-corrected chi connectivity index (χ0v) is 12.2. The molecule has 1 rings (SSSR count). The van der Waals surface area contributed by atoms with Gasteiger partial charge in [0.1, 0.15) is 0 Å². The molecule has 0 aromatic heterocycles. The Morgan fingerprint density at radius 3 is 2.69 bits per heavy atom. The first-order chi connectivity index (χ1) is 7.69. The average molecular weight is 305 g/mol. The van der Waals surface area contributed by atoms with Gasteiger partial charge in [-0.25, -0.2) is 0 Å². The molecular weight excluding hydrogens is 286 g/mol. The topological polar surface area (TPSA) is 12.0 Å². The number of unbranched alkanes of at least 4 members (excludes halogenated alkanes) is 2. The van der Waals surface area contributed by atoms with Crippen molar-refractivity contribution in [3.05, 3.63) is 33.3 Å². The number of nitrogens with one attached hydrogen (secondary N) is 1. The van der Waals surface area contributed by atoms with Crippen LogP contribution in [-0.2, 0) is 0 Å². The van der Waals surface area contributed by atoms with Crippen molar-refractivity contribution in [2.75, 3.05) is 7.05 Å². The third-order valence-corrected chi connectivity index (χ3v) is 3.70. The quantitative estimate of drug-likeness (QED) is 0.734. The van der Waals surface area contributed by atoms with E-state index in [0.29, 0.717) is 6.04 Å². The maximum atomic E-state index is 5.94. The van der Waals surface area contributed by atoms with Gasteiger partial charge < -0.3 is 5.32 Å². The Hall–Kier alpha value is -0.0500. The van der Waals surface area contributed by atoms with E-state index < -0.39 is 0 Å². The smallest absolute Gasteiger partial charge is 0.0417 e. The van der Waals surface area contributed by atoms with E-state index in [-0.39, 0.29) is 0 Å². The lowest BCUT2D eigenvalue weighted by Crippen LogP contribution is -2.16. The minimum absolute atomic E-state index is 0.415. The van der Waals surface area contributed by atoms with Gasteiger partial charge in [-0.15, -0.1) is 0 Å². The monoisotopic (exact) mass is 303 g/mol. The number of hydrogen-bond donors (Lipinski definition) is 1. The number of halogens is 2. The van der Waals surface area contributed by atoms with Crippen LogP contribution in [-0.4, -0.2) is 7.05 Å². The molecule has 0 saturated carbocycles. The molecule has 0 spiro atoms. The van der Waals surface area contributed by atoms with E-state index in [1.54, 1.807) is 0 Å². The highest BCUT2D eigenvalue weighted by Crippen LogP contribution is 2.29. The summed E-state index contributed by atoms with van der Waals surface area (Å²) in [7, 11) is 2.01. The molecule has 3 heteroatoms. The molecule has 1 N–H and O–H groups in total. The number of hydrogen-bond acceptors (Lipinski definition) is 1. The van der Waals surface area contributed by atoms with Crippen LogP contribution in [0.1, 0.15) is 44.2 Å². The minimum Gasteiger partial charge on any atom is -0.313 e. The molecule has 0 radical (unpaired) electrons. The van der Waals surface area contributed by atoms with Gasteiger partial charge in [-0.2, -0.15) is 0 Å². The first-order valence-electron chi connectivity index (χ1n) is 5.81. The van der Waals surface area contributed by atoms with Gasteiger partial charge in [0.25, 0.3) is 0 Å². The standard InChI is InChI=1S/C13H19BrClN/c1-3-4-5-6-13(16-2)11-8-7-10(15)9-12(11)14/h7-9,13,16H,3-6H2,1-2H3. The van der Waals surface area contributed by atoms with E-state index in [4.69, 9.17) is 11.6 Å². The Bertz CT molecular complexity index is 328. The molecule has 90 valence electrons. The van der Waals surface area contributed by atoms with Crippen LogP contribution in [0.15, 0.2) is 22.7 Å². The van der Waals surface area contributed by atoms with E-state index in [1.807, 2.05) is 19.2 Å². The van der Waals surface area contributed by atoms with Crippen LogP contribution in [0.4, 0.5) is 0 Å². The predicted octanol–water partition coefficient (Wildman–Crippen LogP) is 4.94. The van der Waals surface area contributed by atoms with Crippen LogP contribution >= 0.6 is 27.5 Å². The van der Waals surface area contributed by atoms with Gasteiger partial charge in [-0.3, -0.25) is 0 Å². The van der Waals surface area contributed by atoms with Crippen LogP contribution in [0.2, 0.25) is 5.02 Å². The summed E-state index contributed by atoms with van der Waals surface area (Å²) in [6.45, 7) is 2.23. The number of benzene rings is 1. The fraction of sp³-hybridized carbons (Fsp3) is 0.538. The molecular formula is C13H19BrClN. The van der Waals surface area contributed by atoms with Crippen molar-refractivity contribution in [1.29, 1.82) is 0 Å². The molecule has 1 nitrogen and oxygen atoms in total. The van der Waals surface area contributed by atoms with E-state index in [1.165, 1.54) is 31.2 Å². The molecule has 0 bridgehead atoms. The largest absolute Gasteiger partial charge is 0.313 e. The molecule has 0 aliphatic rings. The fourth-order valence-corrected chi connectivity index (χ4v) is 2.80. The molecule has 1 unspecified atom stereocenters. The van der Waals surface area contributed by atoms with E-state index in [0.717, 1.165) is 9.50 Å². The second kappa shape index (κ2) is 7.31. The second-order valence-electron chi connectivity index (χ2n) is 4.00. The molecule has 0 aliphatic heterocycles. The third-order valence-electron chi connectivity index (χ3n) is 2.78. The summed E-state index contributed by atoms with van der Waals surface area (Å²) < 4.78 is 1.09. The van der Waals surface area contributed by atoms with Crippen LogP contribution in [0.25, 0.3) is 0 Å². The Morgan fingerprint density at radius 1 is 1.38 bits per heavy atom. The van der Waals surface area contributed by atoms with E-state index in [2.05, 4.69) is 34.2 Å². The third kappa shape index (κ3) is 4.08. The highest BCUT2D eigenvalue weighted by molar-refractivity contribution is 9.10. The second-order valence-corrected chi connectivity index (χ2v) is 5.29. The average Bonchev–Trinajstić information content (AvgIpc) is 2.26. The summed E-state index contributed by atoms with van der Waals surface area (Å²) in [5.74, 6) is 0. The number of rotatable bonds is 6. The summed E-state index contributed by atoms with van der Waals surface area (Å²) in [5, 5.41) is 4.14. The fourth-order valence-electron chi connectivity index (χ4n) is 1.84. The summed E-state index contributed by atoms with van der Waals surface area (Å²) in [4.78, 5) is 0. The van der Waals surface area contributed by atoms with E-state index >= 15 is 0 Å². The SMILES string of the molecule is CCCCCC(NC)c1ccc(Cl)cc1Br. The zero-order valence-electron chi connectivity index (χ0n) is 9.89. The Balaban J connectivity index is 2.70. The first kappa shape index (κ1) is 14.0. The van der Waals surface area contributed by atoms with Crippen LogP contribution in [0.3, 0.4) is 0 Å². The van der Waals surface area contributed by atoms with Crippen molar-refractivity contribution >= 4 is 27.5 Å². The van der Waals surface area contributed by atoms with Gasteiger partial charge >= 0.3 is 0 Å². The lowest BCUT2D eigenvalue weighted by atomic mass is 10.0. The highest BCUT2D eigenvalue weighted by atomic mass is 79.9. The van der Waals surface area contributed by atoms with Crippen LogP contribution in [0, 0.1) is 0 Å². The van der Waals surface area contributed by atoms with Gasteiger partial charge in [0.15, 0.2) is 0 Å². The Kier molecular flexibility index (Phi) is 6.40. The molecule has 0 amide bonds. The van der Waals surface area contributed by atoms with E-state index in [9.17, 15) is 0 Å². The summed E-state index contributed by atoms with van der Waals surface area (Å²) in [6, 6.07) is 6.42. The van der Waals surface area contributed by atoms with Crippen molar-refractivity contribution < 1.29 is 0 Å². The van der Waals surface area contributed by atoms with Gasteiger partial charge in [-0.1, -0.05) is 59.8 Å². The van der Waals surface area contributed by atoms with Crippen LogP contribution in [0.5, 0.6) is 0 Å². The van der Waals surface area contributed by atoms with Crippen molar-refractivity contribution in [3.8, 4) is 0 Å². The van der Waals surface area contributed by atoms with Gasteiger partial charge in [0, 0.05) is 15.5 Å². The van der Waals surface area contributed by atoms with Gasteiger partial charge in [0.05, 0.1) is 0 Å². The normalized spacial score (nSPS) is 12.8. The predicted molar refractivity (Wildman–Crippen MR) is 75.1 cm³/mol. The lowest BCUT2D eigenvalue weighted by Gasteiger charge is -2.18. The molecule has 1 atom stereocenters. The zero-order chi connectivity index (χ0) is 12.0. The molecule has 1 aromatic carbocycles. The summed E-state index contributed by atoms with van der Waals surface area (Å²) >= 11 is 9.51. The molecule has 0 fully saturated rings. The molecule has 0 aliphatic carbocycles. The van der Waals surface area contributed by atoms with Gasteiger partial charge in [0.2, 0.25) is 0 Å². The highest BCUT2D eigenvalue weighted by Gasteiger charge is 2.12. The molecule has 16 heavy (non-hydrogen) atoms. The Labute approximate surface area is 112 Å². The summed E-state index contributed by atoms with van der Waals surface area (Å²) in [5.41, 5.74) is 1.29. The van der Waals surface area contributed by atoms with Crippen LogP contribution < -0.4 is 5.32 Å². The van der Waals surface area contributed by atoms with Crippen molar-refractivity contribution in [1.82, 2.24) is 5.32 Å². The molecule has 0 heterocycles.